The van der Waals surface area contributed by atoms with E-state index in [1.165, 1.54) is 12.1 Å². The van der Waals surface area contributed by atoms with Crippen molar-refractivity contribution >= 4 is 19.5 Å². The molecule has 0 saturated carbocycles. The fourth-order valence-electron chi connectivity index (χ4n) is 2.56. The third-order valence-corrected chi connectivity index (χ3v) is 8.54. The van der Waals surface area contributed by atoms with Crippen LogP contribution in [0.15, 0.2) is 30.3 Å². The highest BCUT2D eigenvalue weighted by Gasteiger charge is 2.46. The van der Waals surface area contributed by atoms with E-state index in [2.05, 4.69) is 39.8 Å². The number of hydrogen-bond donors (Lipinski definition) is 0. The van der Waals surface area contributed by atoms with E-state index in [1.807, 2.05) is 18.2 Å². The summed E-state index contributed by atoms with van der Waals surface area (Å²) in [4.78, 5) is 11.5. The van der Waals surface area contributed by atoms with E-state index < -0.39 is 8.32 Å². The molecular formula is C14H22O2Si. The minimum atomic E-state index is -2.24. The Balaban J connectivity index is 3.30. The first-order valence-corrected chi connectivity index (χ1v) is 8.22. The molecule has 0 radical (unpaired) electrons. The summed E-state index contributed by atoms with van der Waals surface area (Å²) in [5, 5.41) is 1.21. The molecule has 0 heterocycles. The van der Waals surface area contributed by atoms with E-state index in [4.69, 9.17) is 4.43 Å². The van der Waals surface area contributed by atoms with E-state index >= 15 is 0 Å². The molecule has 0 fully saturated rings. The van der Waals surface area contributed by atoms with Crippen LogP contribution in [0.25, 0.3) is 0 Å². The van der Waals surface area contributed by atoms with Crippen molar-refractivity contribution in [2.75, 3.05) is 0 Å². The van der Waals surface area contributed by atoms with Gasteiger partial charge in [-0.3, -0.25) is 4.79 Å². The minimum absolute atomic E-state index is 0.164. The molecule has 0 aliphatic carbocycles. The molecule has 94 valence electrons. The summed E-state index contributed by atoms with van der Waals surface area (Å²) < 4.78 is 5.85. The highest BCUT2D eigenvalue weighted by molar-refractivity contribution is 6.89. The molecule has 0 aromatic heterocycles. The zero-order valence-electron chi connectivity index (χ0n) is 11.4. The van der Waals surface area contributed by atoms with Crippen LogP contribution in [0.5, 0.6) is 0 Å². The molecule has 0 N–H and O–H groups in total. The molecule has 0 atom stereocenters. The molecule has 0 saturated heterocycles. The third kappa shape index (κ3) is 2.78. The fraction of sp³-hybridized carbons (Fsp3) is 0.500. The first-order chi connectivity index (χ1) is 7.91. The SMILES string of the molecule is CC(=O)O[Si](c1ccccc1)(C(C)C)C(C)C. The minimum Gasteiger partial charge on any atom is -0.514 e. The fourth-order valence-corrected chi connectivity index (χ4v) is 7.01. The highest BCUT2D eigenvalue weighted by atomic mass is 28.4. The summed E-state index contributed by atoms with van der Waals surface area (Å²) in [5.74, 6) is -0.164. The summed E-state index contributed by atoms with van der Waals surface area (Å²) in [6, 6.07) is 10.2. The Bertz CT molecular complexity index is 363. The monoisotopic (exact) mass is 250 g/mol. The van der Waals surface area contributed by atoms with Crippen LogP contribution < -0.4 is 5.19 Å². The molecule has 0 amide bonds. The zero-order chi connectivity index (χ0) is 13.1. The summed E-state index contributed by atoms with van der Waals surface area (Å²) in [6.45, 7) is 10.1. The Hall–Kier alpha value is -1.09. The van der Waals surface area contributed by atoms with Crippen molar-refractivity contribution in [1.29, 1.82) is 0 Å². The van der Waals surface area contributed by atoms with Gasteiger partial charge in [0.2, 0.25) is 0 Å². The quantitative estimate of drug-likeness (QED) is 0.767. The summed E-state index contributed by atoms with van der Waals surface area (Å²) in [5.41, 5.74) is 0.739. The Morgan fingerprint density at radius 1 is 1.06 bits per heavy atom. The van der Waals surface area contributed by atoms with Crippen molar-refractivity contribution in [1.82, 2.24) is 0 Å². The lowest BCUT2D eigenvalue weighted by Crippen LogP contribution is -2.56. The second kappa shape index (κ2) is 5.49. The smallest absolute Gasteiger partial charge is 0.291 e. The number of hydrogen-bond acceptors (Lipinski definition) is 2. The van der Waals surface area contributed by atoms with Crippen LogP contribution in [-0.4, -0.2) is 14.3 Å². The van der Waals surface area contributed by atoms with Gasteiger partial charge in [0.15, 0.2) is 0 Å². The Labute approximate surface area is 105 Å². The van der Waals surface area contributed by atoms with Gasteiger partial charge in [-0.2, -0.15) is 0 Å². The van der Waals surface area contributed by atoms with E-state index in [0.29, 0.717) is 11.1 Å². The third-order valence-electron chi connectivity index (χ3n) is 3.25. The number of benzene rings is 1. The van der Waals surface area contributed by atoms with Crippen molar-refractivity contribution in [3.8, 4) is 0 Å². The summed E-state index contributed by atoms with van der Waals surface area (Å²) in [7, 11) is -2.24. The lowest BCUT2D eigenvalue weighted by Gasteiger charge is -2.37. The molecule has 1 aromatic carbocycles. The lowest BCUT2D eigenvalue weighted by molar-refractivity contribution is -0.132. The van der Waals surface area contributed by atoms with E-state index in [-0.39, 0.29) is 5.97 Å². The summed E-state index contributed by atoms with van der Waals surface area (Å²) >= 11 is 0. The predicted octanol–water partition coefficient (Wildman–Crippen LogP) is 3.22. The molecule has 0 aliphatic rings. The van der Waals surface area contributed by atoms with Gasteiger partial charge in [-0.25, -0.2) is 0 Å². The average Bonchev–Trinajstić information content (AvgIpc) is 2.25. The van der Waals surface area contributed by atoms with Gasteiger partial charge < -0.3 is 4.43 Å². The molecule has 0 spiro atoms. The maximum Gasteiger partial charge on any atom is 0.291 e. The van der Waals surface area contributed by atoms with Gasteiger partial charge in [0.25, 0.3) is 14.3 Å². The molecule has 17 heavy (non-hydrogen) atoms. The van der Waals surface area contributed by atoms with Gasteiger partial charge in [-0.05, 0) is 16.3 Å². The van der Waals surface area contributed by atoms with Crippen LogP contribution in [0, 0.1) is 0 Å². The molecule has 1 rings (SSSR count). The van der Waals surface area contributed by atoms with E-state index in [9.17, 15) is 4.79 Å². The highest BCUT2D eigenvalue weighted by Crippen LogP contribution is 2.33. The molecule has 0 bridgehead atoms. The van der Waals surface area contributed by atoms with Crippen LogP contribution in [0.1, 0.15) is 34.6 Å². The van der Waals surface area contributed by atoms with Gasteiger partial charge in [0.1, 0.15) is 0 Å². The van der Waals surface area contributed by atoms with Crippen molar-refractivity contribution < 1.29 is 9.22 Å². The van der Waals surface area contributed by atoms with Crippen molar-refractivity contribution in [2.45, 2.75) is 45.7 Å². The van der Waals surface area contributed by atoms with E-state index in [0.717, 1.165) is 0 Å². The maximum absolute atomic E-state index is 11.5. The Kier molecular flexibility index (Phi) is 4.51. The van der Waals surface area contributed by atoms with Gasteiger partial charge in [-0.15, -0.1) is 0 Å². The van der Waals surface area contributed by atoms with Crippen LogP contribution in [0.4, 0.5) is 0 Å². The zero-order valence-corrected chi connectivity index (χ0v) is 12.4. The number of carbonyl (C=O) groups excluding carboxylic acids is 1. The molecule has 3 heteroatoms. The Morgan fingerprint density at radius 3 is 1.88 bits per heavy atom. The second-order valence-corrected chi connectivity index (χ2v) is 9.74. The average molecular weight is 250 g/mol. The van der Waals surface area contributed by atoms with Crippen LogP contribution in [0.2, 0.25) is 11.1 Å². The molecular weight excluding hydrogens is 228 g/mol. The molecule has 1 aromatic rings. The molecule has 0 aliphatic heterocycles. The lowest BCUT2D eigenvalue weighted by atomic mass is 10.4. The van der Waals surface area contributed by atoms with Crippen LogP contribution in [0.3, 0.4) is 0 Å². The van der Waals surface area contributed by atoms with Crippen molar-refractivity contribution in [2.24, 2.45) is 0 Å². The first-order valence-electron chi connectivity index (χ1n) is 6.16. The number of carbonyl (C=O) groups is 1. The normalized spacial score (nSPS) is 11.9. The Morgan fingerprint density at radius 2 is 1.53 bits per heavy atom. The van der Waals surface area contributed by atoms with Crippen molar-refractivity contribution in [3.63, 3.8) is 0 Å². The molecule has 0 unspecified atom stereocenters. The van der Waals surface area contributed by atoms with Crippen molar-refractivity contribution in [3.05, 3.63) is 30.3 Å². The largest absolute Gasteiger partial charge is 0.514 e. The van der Waals surface area contributed by atoms with Gasteiger partial charge in [-0.1, -0.05) is 58.0 Å². The van der Waals surface area contributed by atoms with Gasteiger partial charge in [0.05, 0.1) is 0 Å². The summed E-state index contributed by atoms with van der Waals surface area (Å²) in [6.07, 6.45) is 0. The standard InChI is InChI=1S/C14H22O2Si/c1-11(2)17(12(3)4,16-13(5)15)14-9-7-6-8-10-14/h6-12H,1-5H3. The predicted molar refractivity (Wildman–Crippen MR) is 73.8 cm³/mol. The topological polar surface area (TPSA) is 26.3 Å². The molecule has 2 nitrogen and oxygen atoms in total. The van der Waals surface area contributed by atoms with E-state index in [1.54, 1.807) is 0 Å². The van der Waals surface area contributed by atoms with Gasteiger partial charge >= 0.3 is 0 Å². The van der Waals surface area contributed by atoms with Gasteiger partial charge in [0, 0.05) is 6.92 Å². The number of rotatable bonds is 4. The second-order valence-electron chi connectivity index (χ2n) is 5.06. The maximum atomic E-state index is 11.5. The van der Waals surface area contributed by atoms with Crippen LogP contribution >= 0.6 is 0 Å². The first kappa shape index (κ1) is 14.0. The van der Waals surface area contributed by atoms with Crippen LogP contribution in [-0.2, 0) is 9.22 Å².